The highest BCUT2D eigenvalue weighted by Gasteiger charge is 2.31. The topological polar surface area (TPSA) is 44.5 Å². The second kappa shape index (κ2) is 6.49. The molecule has 112 valence electrons. The first-order valence-corrected chi connectivity index (χ1v) is 7.58. The Balaban J connectivity index is 2.11. The van der Waals surface area contributed by atoms with Gasteiger partial charge in [-0.25, -0.2) is 0 Å². The van der Waals surface area contributed by atoms with Gasteiger partial charge in [-0.3, -0.25) is 0 Å². The van der Waals surface area contributed by atoms with E-state index < -0.39 is 0 Å². The fraction of sp³-hybridized carbons (Fsp3) is 0.647. The number of hydrogen-bond donors (Lipinski definition) is 1. The van der Waals surface area contributed by atoms with Gasteiger partial charge in [-0.1, -0.05) is 19.9 Å². The van der Waals surface area contributed by atoms with E-state index in [9.17, 15) is 0 Å². The largest absolute Gasteiger partial charge is 0.493 e. The molecule has 1 aromatic rings. The average molecular weight is 277 g/mol. The maximum Gasteiger partial charge on any atom is 0.161 e. The normalized spacial score (nSPS) is 26.6. The van der Waals surface area contributed by atoms with E-state index in [1.54, 1.807) is 7.11 Å². The predicted octanol–water partition coefficient (Wildman–Crippen LogP) is 3.53. The highest BCUT2D eigenvalue weighted by atomic mass is 16.5. The van der Waals surface area contributed by atoms with Gasteiger partial charge in [0.2, 0.25) is 0 Å². The van der Waals surface area contributed by atoms with Crippen LogP contribution in [-0.4, -0.2) is 19.3 Å². The lowest BCUT2D eigenvalue weighted by atomic mass is 9.78. The SMILES string of the molecule is COc1cc(C)ccc1OC1CC(C(C)C)CCC1N. The Kier molecular flexibility index (Phi) is 4.92. The molecule has 3 heteroatoms. The molecule has 1 aliphatic carbocycles. The summed E-state index contributed by atoms with van der Waals surface area (Å²) < 4.78 is 11.6. The summed E-state index contributed by atoms with van der Waals surface area (Å²) in [6, 6.07) is 6.16. The van der Waals surface area contributed by atoms with Crippen LogP contribution in [0.4, 0.5) is 0 Å². The molecule has 0 saturated heterocycles. The lowest BCUT2D eigenvalue weighted by Gasteiger charge is -2.36. The second-order valence-corrected chi connectivity index (χ2v) is 6.29. The van der Waals surface area contributed by atoms with Crippen molar-refractivity contribution in [1.29, 1.82) is 0 Å². The van der Waals surface area contributed by atoms with Crippen LogP contribution in [0.25, 0.3) is 0 Å². The van der Waals surface area contributed by atoms with Gasteiger partial charge in [-0.15, -0.1) is 0 Å². The Hall–Kier alpha value is -1.22. The zero-order valence-electron chi connectivity index (χ0n) is 13.1. The van der Waals surface area contributed by atoms with E-state index in [1.807, 2.05) is 25.1 Å². The number of hydrogen-bond acceptors (Lipinski definition) is 3. The van der Waals surface area contributed by atoms with Crippen molar-refractivity contribution < 1.29 is 9.47 Å². The molecule has 3 unspecified atom stereocenters. The van der Waals surface area contributed by atoms with Crippen LogP contribution in [-0.2, 0) is 0 Å². The number of aryl methyl sites for hydroxylation is 1. The molecular formula is C17H27NO2. The van der Waals surface area contributed by atoms with Gasteiger partial charge < -0.3 is 15.2 Å². The highest BCUT2D eigenvalue weighted by molar-refractivity contribution is 5.42. The molecule has 20 heavy (non-hydrogen) atoms. The molecule has 0 amide bonds. The number of nitrogens with two attached hydrogens (primary N) is 1. The monoisotopic (exact) mass is 277 g/mol. The lowest BCUT2D eigenvalue weighted by Crippen LogP contribution is -2.44. The van der Waals surface area contributed by atoms with Crippen molar-refractivity contribution in [3.05, 3.63) is 23.8 Å². The van der Waals surface area contributed by atoms with E-state index in [-0.39, 0.29) is 12.1 Å². The van der Waals surface area contributed by atoms with E-state index in [2.05, 4.69) is 13.8 Å². The van der Waals surface area contributed by atoms with Crippen LogP contribution < -0.4 is 15.2 Å². The summed E-state index contributed by atoms with van der Waals surface area (Å²) >= 11 is 0. The zero-order chi connectivity index (χ0) is 14.7. The molecule has 3 atom stereocenters. The molecule has 2 N–H and O–H groups in total. The Morgan fingerprint density at radius 1 is 1.20 bits per heavy atom. The molecule has 1 saturated carbocycles. The number of rotatable bonds is 4. The number of benzene rings is 1. The lowest BCUT2D eigenvalue weighted by molar-refractivity contribution is 0.0841. The van der Waals surface area contributed by atoms with E-state index in [1.165, 1.54) is 12.0 Å². The fourth-order valence-electron chi connectivity index (χ4n) is 2.96. The van der Waals surface area contributed by atoms with Gasteiger partial charge in [-0.05, 0) is 55.7 Å². The van der Waals surface area contributed by atoms with Gasteiger partial charge in [0.05, 0.1) is 7.11 Å². The van der Waals surface area contributed by atoms with Gasteiger partial charge in [0.15, 0.2) is 11.5 Å². The molecule has 0 heterocycles. The summed E-state index contributed by atoms with van der Waals surface area (Å²) in [7, 11) is 1.68. The first kappa shape index (κ1) is 15.2. The smallest absolute Gasteiger partial charge is 0.161 e. The summed E-state index contributed by atoms with van der Waals surface area (Å²) in [6.45, 7) is 6.61. The molecule has 0 bridgehead atoms. The van der Waals surface area contributed by atoms with Gasteiger partial charge in [-0.2, -0.15) is 0 Å². The van der Waals surface area contributed by atoms with Crippen LogP contribution in [0.3, 0.4) is 0 Å². The molecule has 0 aliphatic heterocycles. The maximum absolute atomic E-state index is 6.24. The second-order valence-electron chi connectivity index (χ2n) is 6.29. The van der Waals surface area contributed by atoms with Crippen LogP contribution in [0.5, 0.6) is 11.5 Å². The molecule has 0 radical (unpaired) electrons. The van der Waals surface area contributed by atoms with Crippen LogP contribution in [0.2, 0.25) is 0 Å². The maximum atomic E-state index is 6.24. The fourth-order valence-corrected chi connectivity index (χ4v) is 2.96. The minimum absolute atomic E-state index is 0.0905. The molecule has 3 nitrogen and oxygen atoms in total. The quantitative estimate of drug-likeness (QED) is 0.915. The Labute approximate surface area is 122 Å². The van der Waals surface area contributed by atoms with Gasteiger partial charge in [0, 0.05) is 6.04 Å². The summed E-state index contributed by atoms with van der Waals surface area (Å²) in [5.41, 5.74) is 7.41. The van der Waals surface area contributed by atoms with Gasteiger partial charge >= 0.3 is 0 Å². The van der Waals surface area contributed by atoms with E-state index in [0.717, 1.165) is 24.3 Å². The number of methoxy groups -OCH3 is 1. The summed E-state index contributed by atoms with van der Waals surface area (Å²) in [6.07, 6.45) is 3.38. The average Bonchev–Trinajstić information content (AvgIpc) is 2.42. The third kappa shape index (κ3) is 3.45. The Morgan fingerprint density at radius 3 is 2.60 bits per heavy atom. The minimum Gasteiger partial charge on any atom is -0.493 e. The zero-order valence-corrected chi connectivity index (χ0v) is 13.1. The van der Waals surface area contributed by atoms with Crippen LogP contribution >= 0.6 is 0 Å². The van der Waals surface area contributed by atoms with Crippen molar-refractivity contribution >= 4 is 0 Å². The van der Waals surface area contributed by atoms with E-state index in [0.29, 0.717) is 11.8 Å². The van der Waals surface area contributed by atoms with Gasteiger partial charge in [0.25, 0.3) is 0 Å². The predicted molar refractivity (Wildman–Crippen MR) is 82.3 cm³/mol. The minimum atomic E-state index is 0.0905. The van der Waals surface area contributed by atoms with Crippen molar-refractivity contribution in [2.75, 3.05) is 7.11 Å². The molecule has 2 rings (SSSR count). The van der Waals surface area contributed by atoms with Crippen molar-refractivity contribution in [1.82, 2.24) is 0 Å². The van der Waals surface area contributed by atoms with Crippen LogP contribution in [0, 0.1) is 18.8 Å². The third-order valence-electron chi connectivity index (χ3n) is 4.42. The first-order valence-electron chi connectivity index (χ1n) is 7.58. The van der Waals surface area contributed by atoms with Crippen molar-refractivity contribution in [2.24, 2.45) is 17.6 Å². The summed E-state index contributed by atoms with van der Waals surface area (Å²) in [4.78, 5) is 0. The molecule has 0 aromatic heterocycles. The van der Waals surface area contributed by atoms with Crippen molar-refractivity contribution in [3.63, 3.8) is 0 Å². The van der Waals surface area contributed by atoms with Gasteiger partial charge in [0.1, 0.15) is 6.10 Å². The highest BCUT2D eigenvalue weighted by Crippen LogP contribution is 2.35. The number of ether oxygens (including phenoxy) is 2. The molecule has 1 fully saturated rings. The van der Waals surface area contributed by atoms with E-state index >= 15 is 0 Å². The first-order chi connectivity index (χ1) is 9.51. The third-order valence-corrected chi connectivity index (χ3v) is 4.42. The van der Waals surface area contributed by atoms with E-state index in [4.69, 9.17) is 15.2 Å². The summed E-state index contributed by atoms with van der Waals surface area (Å²) in [5.74, 6) is 3.00. The van der Waals surface area contributed by atoms with Crippen LogP contribution in [0.1, 0.15) is 38.7 Å². The molecule has 1 aliphatic rings. The Bertz CT molecular complexity index is 445. The molecule has 0 spiro atoms. The van der Waals surface area contributed by atoms with Crippen molar-refractivity contribution in [2.45, 2.75) is 52.2 Å². The summed E-state index contributed by atoms with van der Waals surface area (Å²) in [5, 5.41) is 0. The standard InChI is InChI=1S/C17H27NO2/c1-11(2)13-6-7-14(18)16(10-13)20-15-8-5-12(3)9-17(15)19-4/h5,8-9,11,13-14,16H,6-7,10,18H2,1-4H3. The molecular weight excluding hydrogens is 250 g/mol. The Morgan fingerprint density at radius 2 is 1.95 bits per heavy atom. The molecule has 1 aromatic carbocycles. The van der Waals surface area contributed by atoms with Crippen molar-refractivity contribution in [3.8, 4) is 11.5 Å². The van der Waals surface area contributed by atoms with Crippen LogP contribution in [0.15, 0.2) is 18.2 Å².